The molecule has 0 aliphatic rings. The maximum Gasteiger partial charge on any atom is 0.234 e. The van der Waals surface area contributed by atoms with E-state index in [-0.39, 0.29) is 11.9 Å². The molecule has 0 heterocycles. The molecule has 0 aromatic heterocycles. The molecule has 0 radical (unpaired) electrons. The Labute approximate surface area is 90.9 Å². The van der Waals surface area contributed by atoms with E-state index in [4.69, 9.17) is 5.73 Å². The normalized spacial score (nSPS) is 12.7. The smallest absolute Gasteiger partial charge is 0.234 e. The van der Waals surface area contributed by atoms with Gasteiger partial charge in [0.2, 0.25) is 5.91 Å². The predicted octanol–water partition coefficient (Wildman–Crippen LogP) is 1.03. The van der Waals surface area contributed by atoms with Crippen molar-refractivity contribution in [2.24, 2.45) is 5.73 Å². The van der Waals surface area contributed by atoms with E-state index in [1.165, 1.54) is 5.56 Å². The third-order valence-corrected chi connectivity index (χ3v) is 2.67. The number of likely N-dealkylation sites (N-methyl/N-ethyl adjacent to an activating group) is 1. The summed E-state index contributed by atoms with van der Waals surface area (Å²) in [5.74, 6) is -0.273. The minimum absolute atomic E-state index is 0.200. The Kier molecular flexibility index (Phi) is 4.31. The lowest BCUT2D eigenvalue weighted by Crippen LogP contribution is -2.41. The van der Waals surface area contributed by atoms with Crippen molar-refractivity contribution in [1.82, 2.24) is 4.90 Å². The van der Waals surface area contributed by atoms with Gasteiger partial charge in [0.1, 0.15) is 0 Å². The third kappa shape index (κ3) is 3.72. The number of rotatable bonds is 5. The van der Waals surface area contributed by atoms with Gasteiger partial charge in [-0.3, -0.25) is 9.69 Å². The average Bonchev–Trinajstić information content (AvgIpc) is 2.26. The fourth-order valence-corrected chi connectivity index (χ4v) is 1.36. The van der Waals surface area contributed by atoms with Crippen molar-refractivity contribution in [3.63, 3.8) is 0 Å². The summed E-state index contributed by atoms with van der Waals surface area (Å²) in [6.45, 7) is 2.67. The molecule has 0 spiro atoms. The molecule has 0 aliphatic carbocycles. The number of hydrogen-bond donors (Lipinski definition) is 1. The van der Waals surface area contributed by atoms with Gasteiger partial charge in [0.25, 0.3) is 0 Å². The minimum Gasteiger partial charge on any atom is -0.368 e. The van der Waals surface area contributed by atoms with Crippen LogP contribution >= 0.6 is 0 Å². The number of carbonyl (C=O) groups is 1. The van der Waals surface area contributed by atoms with Crippen LogP contribution in [0.4, 0.5) is 0 Å². The van der Waals surface area contributed by atoms with Crippen LogP contribution in [0.15, 0.2) is 30.3 Å². The van der Waals surface area contributed by atoms with E-state index < -0.39 is 0 Å². The van der Waals surface area contributed by atoms with Crippen molar-refractivity contribution >= 4 is 5.91 Å². The summed E-state index contributed by atoms with van der Waals surface area (Å²) in [4.78, 5) is 12.9. The number of nitrogens with zero attached hydrogens (tertiary/aromatic N) is 1. The van der Waals surface area contributed by atoms with Crippen LogP contribution in [-0.4, -0.2) is 30.4 Å². The molecule has 0 bridgehead atoms. The second-order valence-corrected chi connectivity index (χ2v) is 3.79. The molecule has 1 aromatic carbocycles. The molecular formula is C12H18N2O. The van der Waals surface area contributed by atoms with Gasteiger partial charge < -0.3 is 5.73 Å². The highest BCUT2D eigenvalue weighted by Crippen LogP contribution is 2.02. The van der Waals surface area contributed by atoms with Gasteiger partial charge in [-0.2, -0.15) is 0 Å². The number of primary amides is 1. The number of carbonyl (C=O) groups excluding carboxylic acids is 1. The number of amides is 1. The highest BCUT2D eigenvalue weighted by Gasteiger charge is 2.13. The van der Waals surface area contributed by atoms with Crippen LogP contribution in [0.25, 0.3) is 0 Å². The zero-order valence-electron chi connectivity index (χ0n) is 9.31. The lowest BCUT2D eigenvalue weighted by molar-refractivity contribution is -0.122. The van der Waals surface area contributed by atoms with E-state index >= 15 is 0 Å². The van der Waals surface area contributed by atoms with Crippen LogP contribution < -0.4 is 5.73 Å². The van der Waals surface area contributed by atoms with Gasteiger partial charge in [-0.25, -0.2) is 0 Å². The Hall–Kier alpha value is -1.35. The summed E-state index contributed by atoms with van der Waals surface area (Å²) in [6, 6.07) is 10.0. The molecule has 0 unspecified atom stereocenters. The fraction of sp³-hybridized carbons (Fsp3) is 0.417. The fourth-order valence-electron chi connectivity index (χ4n) is 1.36. The first-order chi connectivity index (χ1) is 7.11. The quantitative estimate of drug-likeness (QED) is 0.782. The molecule has 0 aliphatic heterocycles. The van der Waals surface area contributed by atoms with E-state index in [0.29, 0.717) is 0 Å². The molecule has 1 atom stereocenters. The predicted molar refractivity (Wildman–Crippen MR) is 61.4 cm³/mol. The number of nitrogens with two attached hydrogens (primary N) is 1. The Balaban J connectivity index is 2.41. The molecule has 82 valence electrons. The topological polar surface area (TPSA) is 46.3 Å². The van der Waals surface area contributed by atoms with Crippen molar-refractivity contribution in [2.45, 2.75) is 19.4 Å². The summed E-state index contributed by atoms with van der Waals surface area (Å²) in [5, 5.41) is 0. The Morgan fingerprint density at radius 3 is 2.53 bits per heavy atom. The first-order valence-corrected chi connectivity index (χ1v) is 5.14. The van der Waals surface area contributed by atoms with Gasteiger partial charge in [0, 0.05) is 6.54 Å². The molecule has 15 heavy (non-hydrogen) atoms. The van der Waals surface area contributed by atoms with Gasteiger partial charge in [0.05, 0.1) is 6.04 Å². The first-order valence-electron chi connectivity index (χ1n) is 5.14. The van der Waals surface area contributed by atoms with Gasteiger partial charge in [0.15, 0.2) is 0 Å². The summed E-state index contributed by atoms with van der Waals surface area (Å²) in [5.41, 5.74) is 6.50. The average molecular weight is 206 g/mol. The molecule has 1 aromatic rings. The van der Waals surface area contributed by atoms with Gasteiger partial charge in [-0.1, -0.05) is 30.3 Å². The van der Waals surface area contributed by atoms with Crippen LogP contribution in [0.1, 0.15) is 12.5 Å². The van der Waals surface area contributed by atoms with Crippen molar-refractivity contribution in [3.8, 4) is 0 Å². The third-order valence-electron chi connectivity index (χ3n) is 2.67. The summed E-state index contributed by atoms with van der Waals surface area (Å²) in [7, 11) is 1.92. The largest absolute Gasteiger partial charge is 0.368 e. The lowest BCUT2D eigenvalue weighted by Gasteiger charge is -2.21. The molecular weight excluding hydrogens is 188 g/mol. The molecule has 3 heteroatoms. The molecule has 0 saturated heterocycles. The minimum atomic E-state index is -0.273. The molecule has 3 nitrogen and oxygen atoms in total. The maximum absolute atomic E-state index is 10.9. The van der Waals surface area contributed by atoms with Crippen molar-refractivity contribution < 1.29 is 4.79 Å². The van der Waals surface area contributed by atoms with Crippen LogP contribution in [0, 0.1) is 0 Å². The van der Waals surface area contributed by atoms with E-state index in [9.17, 15) is 4.79 Å². The van der Waals surface area contributed by atoms with Crippen LogP contribution in [0.5, 0.6) is 0 Å². The highest BCUT2D eigenvalue weighted by molar-refractivity contribution is 5.79. The van der Waals surface area contributed by atoms with Gasteiger partial charge in [-0.15, -0.1) is 0 Å². The molecule has 0 saturated carbocycles. The molecule has 0 fully saturated rings. The maximum atomic E-state index is 10.9. The monoisotopic (exact) mass is 206 g/mol. The van der Waals surface area contributed by atoms with Crippen molar-refractivity contribution in [2.75, 3.05) is 13.6 Å². The Bertz CT molecular complexity index is 311. The van der Waals surface area contributed by atoms with Gasteiger partial charge in [-0.05, 0) is 26.0 Å². The summed E-state index contributed by atoms with van der Waals surface area (Å²) in [6.07, 6.45) is 0.939. The van der Waals surface area contributed by atoms with Crippen molar-refractivity contribution in [1.29, 1.82) is 0 Å². The van der Waals surface area contributed by atoms with E-state index in [2.05, 4.69) is 12.1 Å². The first kappa shape index (κ1) is 11.7. The van der Waals surface area contributed by atoms with E-state index in [1.807, 2.05) is 37.1 Å². The van der Waals surface area contributed by atoms with Crippen LogP contribution in [0.2, 0.25) is 0 Å². The van der Waals surface area contributed by atoms with E-state index in [0.717, 1.165) is 13.0 Å². The SMILES string of the molecule is C[C@H](C(N)=O)N(C)CCc1ccccc1. The highest BCUT2D eigenvalue weighted by atomic mass is 16.1. The Morgan fingerprint density at radius 1 is 1.40 bits per heavy atom. The molecule has 1 amide bonds. The van der Waals surface area contributed by atoms with Crippen molar-refractivity contribution in [3.05, 3.63) is 35.9 Å². The standard InChI is InChI=1S/C12H18N2O/c1-10(12(13)15)14(2)9-8-11-6-4-3-5-7-11/h3-7,10H,8-9H2,1-2H3,(H2,13,15)/t10-/m1/s1. The van der Waals surface area contributed by atoms with Crippen LogP contribution in [0.3, 0.4) is 0 Å². The van der Waals surface area contributed by atoms with E-state index in [1.54, 1.807) is 0 Å². The second kappa shape index (κ2) is 5.51. The zero-order valence-corrected chi connectivity index (χ0v) is 9.31. The van der Waals surface area contributed by atoms with Gasteiger partial charge >= 0.3 is 0 Å². The zero-order chi connectivity index (χ0) is 11.3. The second-order valence-electron chi connectivity index (χ2n) is 3.79. The number of hydrogen-bond acceptors (Lipinski definition) is 2. The Morgan fingerprint density at radius 2 is 2.00 bits per heavy atom. The van der Waals surface area contributed by atoms with Crippen LogP contribution in [-0.2, 0) is 11.2 Å². The molecule has 2 N–H and O–H groups in total. The summed E-state index contributed by atoms with van der Waals surface area (Å²) >= 11 is 0. The molecule has 1 rings (SSSR count). The number of benzene rings is 1. The lowest BCUT2D eigenvalue weighted by atomic mass is 10.1. The summed E-state index contributed by atoms with van der Waals surface area (Å²) < 4.78 is 0.